The number of hydrogen-bond donors (Lipinski definition) is 1. The zero-order valence-corrected chi connectivity index (χ0v) is 12.1. The largest absolute Gasteiger partial charge is 0.379 e. The van der Waals surface area contributed by atoms with E-state index < -0.39 is 10.1 Å². The van der Waals surface area contributed by atoms with Gasteiger partial charge in [-0.2, -0.15) is 20.2 Å². The molecule has 1 rings (SSSR count). The van der Waals surface area contributed by atoms with Crippen molar-refractivity contribution in [3.63, 3.8) is 0 Å². The third kappa shape index (κ3) is 6.72. The summed E-state index contributed by atoms with van der Waals surface area (Å²) in [6, 6.07) is 0. The van der Waals surface area contributed by atoms with Crippen molar-refractivity contribution >= 4 is 27.7 Å². The van der Waals surface area contributed by atoms with E-state index >= 15 is 0 Å². The van der Waals surface area contributed by atoms with E-state index in [0.29, 0.717) is 25.9 Å². The van der Waals surface area contributed by atoms with Crippen LogP contribution in [0.25, 0.3) is 0 Å². The SMILES string of the molecule is CC(=O)CC(CCCS(=O)(=O)O)C1COCCS1. The Hall–Kier alpha value is -0.110. The fourth-order valence-electron chi connectivity index (χ4n) is 2.09. The van der Waals surface area contributed by atoms with Crippen LogP contribution in [0.5, 0.6) is 0 Å². The summed E-state index contributed by atoms with van der Waals surface area (Å²) in [4.78, 5) is 11.2. The molecule has 1 N–H and O–H groups in total. The highest BCUT2D eigenvalue weighted by Gasteiger charge is 2.26. The minimum absolute atomic E-state index is 0.109. The van der Waals surface area contributed by atoms with Gasteiger partial charge in [-0.05, 0) is 25.7 Å². The van der Waals surface area contributed by atoms with Crippen LogP contribution in [0.4, 0.5) is 0 Å². The highest BCUT2D eigenvalue weighted by molar-refractivity contribution is 8.00. The second-order valence-corrected chi connectivity index (χ2v) is 7.50. The van der Waals surface area contributed by atoms with Crippen LogP contribution >= 0.6 is 11.8 Å². The molecular weight excluding hydrogens is 276 g/mol. The van der Waals surface area contributed by atoms with Gasteiger partial charge >= 0.3 is 0 Å². The number of Topliss-reactive ketones (excluding diaryl/α,β-unsaturated/α-hetero) is 1. The molecule has 0 amide bonds. The average molecular weight is 296 g/mol. The van der Waals surface area contributed by atoms with Crippen LogP contribution in [0.15, 0.2) is 0 Å². The van der Waals surface area contributed by atoms with E-state index in [1.807, 2.05) is 0 Å². The Bertz CT molecular complexity index is 360. The van der Waals surface area contributed by atoms with E-state index in [1.54, 1.807) is 18.7 Å². The Morgan fingerprint density at radius 2 is 2.28 bits per heavy atom. The number of thioether (sulfide) groups is 1. The normalized spacial score (nSPS) is 22.7. The molecule has 7 heteroatoms. The van der Waals surface area contributed by atoms with Gasteiger partial charge in [0.15, 0.2) is 0 Å². The van der Waals surface area contributed by atoms with Crippen LogP contribution in [-0.4, -0.2) is 48.7 Å². The van der Waals surface area contributed by atoms with Crippen LogP contribution < -0.4 is 0 Å². The van der Waals surface area contributed by atoms with Gasteiger partial charge in [0.25, 0.3) is 10.1 Å². The Morgan fingerprint density at radius 1 is 1.56 bits per heavy atom. The van der Waals surface area contributed by atoms with Crippen molar-refractivity contribution in [3.05, 3.63) is 0 Å². The second-order valence-electron chi connectivity index (χ2n) is 4.58. The van der Waals surface area contributed by atoms with Crippen LogP contribution in [-0.2, 0) is 19.6 Å². The van der Waals surface area contributed by atoms with Gasteiger partial charge in [-0.1, -0.05) is 0 Å². The predicted molar refractivity (Wildman–Crippen MR) is 71.5 cm³/mol. The summed E-state index contributed by atoms with van der Waals surface area (Å²) in [5, 5.41) is 0.254. The van der Waals surface area contributed by atoms with Gasteiger partial charge in [-0.25, -0.2) is 0 Å². The molecule has 2 atom stereocenters. The Labute approximate surface area is 112 Å². The summed E-state index contributed by atoms with van der Waals surface area (Å²) in [6.45, 7) is 2.90. The number of rotatable bonds is 7. The van der Waals surface area contributed by atoms with E-state index in [1.165, 1.54) is 0 Å². The zero-order valence-electron chi connectivity index (χ0n) is 10.5. The first kappa shape index (κ1) is 15.9. The molecule has 5 nitrogen and oxygen atoms in total. The van der Waals surface area contributed by atoms with Gasteiger partial charge in [0.2, 0.25) is 0 Å². The van der Waals surface area contributed by atoms with Crippen molar-refractivity contribution in [2.24, 2.45) is 5.92 Å². The van der Waals surface area contributed by atoms with Crippen molar-refractivity contribution in [1.29, 1.82) is 0 Å². The van der Waals surface area contributed by atoms with Gasteiger partial charge in [0, 0.05) is 17.4 Å². The van der Waals surface area contributed by atoms with Gasteiger partial charge in [-0.15, -0.1) is 0 Å². The molecule has 0 aromatic heterocycles. The molecule has 2 unspecified atom stereocenters. The first-order valence-corrected chi connectivity index (χ1v) is 8.68. The van der Waals surface area contributed by atoms with Crippen molar-refractivity contribution in [1.82, 2.24) is 0 Å². The first-order valence-electron chi connectivity index (χ1n) is 6.02. The monoisotopic (exact) mass is 296 g/mol. The predicted octanol–water partition coefficient (Wildman–Crippen LogP) is 1.38. The summed E-state index contributed by atoms with van der Waals surface area (Å²) < 4.78 is 35.4. The summed E-state index contributed by atoms with van der Waals surface area (Å²) in [7, 11) is -3.90. The fourth-order valence-corrected chi connectivity index (χ4v) is 3.84. The third-order valence-corrected chi connectivity index (χ3v) is 5.05. The molecule has 1 aliphatic heterocycles. The molecule has 0 aliphatic carbocycles. The van der Waals surface area contributed by atoms with Crippen molar-refractivity contribution in [2.75, 3.05) is 24.7 Å². The van der Waals surface area contributed by atoms with E-state index in [-0.39, 0.29) is 22.7 Å². The lowest BCUT2D eigenvalue weighted by Gasteiger charge is -2.29. The van der Waals surface area contributed by atoms with E-state index in [9.17, 15) is 13.2 Å². The second kappa shape index (κ2) is 7.47. The lowest BCUT2D eigenvalue weighted by atomic mass is 9.94. The number of carbonyl (C=O) groups excluding carboxylic acids is 1. The van der Waals surface area contributed by atoms with Gasteiger partial charge in [-0.3, -0.25) is 4.55 Å². The van der Waals surface area contributed by atoms with Gasteiger partial charge < -0.3 is 9.53 Å². The van der Waals surface area contributed by atoms with Crippen molar-refractivity contribution in [3.8, 4) is 0 Å². The molecule has 1 fully saturated rings. The molecule has 1 heterocycles. The van der Waals surface area contributed by atoms with Crippen molar-refractivity contribution < 1.29 is 22.5 Å². The van der Waals surface area contributed by atoms with Crippen LogP contribution in [0.3, 0.4) is 0 Å². The van der Waals surface area contributed by atoms with Crippen molar-refractivity contribution in [2.45, 2.75) is 31.4 Å². The van der Waals surface area contributed by atoms with Crippen LogP contribution in [0.1, 0.15) is 26.2 Å². The molecule has 0 aromatic rings. The molecule has 1 aliphatic rings. The smallest absolute Gasteiger partial charge is 0.264 e. The summed E-state index contributed by atoms with van der Waals surface area (Å²) in [6.07, 6.45) is 1.46. The quantitative estimate of drug-likeness (QED) is 0.715. The first-order chi connectivity index (χ1) is 8.38. The summed E-state index contributed by atoms with van der Waals surface area (Å²) >= 11 is 1.78. The highest BCUT2D eigenvalue weighted by Crippen LogP contribution is 2.29. The van der Waals surface area contributed by atoms with Gasteiger partial charge in [0.05, 0.1) is 19.0 Å². The molecular formula is C11H20O5S2. The minimum atomic E-state index is -3.90. The van der Waals surface area contributed by atoms with Crippen LogP contribution in [0.2, 0.25) is 0 Å². The number of hydrogen-bond acceptors (Lipinski definition) is 5. The fraction of sp³-hybridized carbons (Fsp3) is 0.909. The third-order valence-electron chi connectivity index (χ3n) is 2.89. The Balaban J connectivity index is 2.46. The Kier molecular flexibility index (Phi) is 6.62. The zero-order chi connectivity index (χ0) is 13.6. The summed E-state index contributed by atoms with van der Waals surface area (Å²) in [5.41, 5.74) is 0. The lowest BCUT2D eigenvalue weighted by molar-refractivity contribution is -0.118. The number of ketones is 1. The molecule has 0 bridgehead atoms. The lowest BCUT2D eigenvalue weighted by Crippen LogP contribution is -2.30. The molecule has 1 saturated heterocycles. The highest BCUT2D eigenvalue weighted by atomic mass is 32.2. The van der Waals surface area contributed by atoms with Gasteiger partial charge in [0.1, 0.15) is 5.78 Å². The Morgan fingerprint density at radius 3 is 2.78 bits per heavy atom. The molecule has 0 aromatic carbocycles. The topological polar surface area (TPSA) is 80.7 Å². The standard InChI is InChI=1S/C11H20O5S2/c1-9(12)7-10(3-2-6-18(13,14)15)11-8-16-4-5-17-11/h10-11H,2-8H2,1H3,(H,13,14,15). The molecule has 0 spiro atoms. The number of ether oxygens (including phenoxy) is 1. The molecule has 106 valence electrons. The molecule has 0 radical (unpaired) electrons. The number of carbonyl (C=O) groups is 1. The average Bonchev–Trinajstić information content (AvgIpc) is 2.27. The maximum absolute atomic E-state index is 11.2. The van der Waals surface area contributed by atoms with E-state index in [4.69, 9.17) is 9.29 Å². The van der Waals surface area contributed by atoms with E-state index in [2.05, 4.69) is 0 Å². The summed E-state index contributed by atoms with van der Waals surface area (Å²) in [5.74, 6) is 0.921. The van der Waals surface area contributed by atoms with E-state index in [0.717, 1.165) is 12.4 Å². The minimum Gasteiger partial charge on any atom is -0.379 e. The maximum atomic E-state index is 11.2. The molecule has 18 heavy (non-hydrogen) atoms. The molecule has 0 saturated carbocycles. The van der Waals surface area contributed by atoms with Crippen LogP contribution in [0, 0.1) is 5.92 Å². The maximum Gasteiger partial charge on any atom is 0.264 e.